The number of carbonyl (C=O) groups excluding carboxylic acids is 2. The predicted molar refractivity (Wildman–Crippen MR) is 236 cm³/mol. The summed E-state index contributed by atoms with van der Waals surface area (Å²) in [5.41, 5.74) is 2.06. The number of phenolic OH excluding ortho intramolecular Hbond substituents is 1. The molecule has 4 aromatic carbocycles. The van der Waals surface area contributed by atoms with E-state index in [9.17, 15) is 32.7 Å². The van der Waals surface area contributed by atoms with Crippen molar-refractivity contribution >= 4 is 44.4 Å². The molecule has 0 spiro atoms. The number of nitrogens with one attached hydrogen (secondary N) is 3. The fourth-order valence-corrected chi connectivity index (χ4v) is 8.61. The van der Waals surface area contributed by atoms with E-state index in [1.807, 2.05) is 45.0 Å². The van der Waals surface area contributed by atoms with Gasteiger partial charge in [-0.15, -0.1) is 0 Å². The van der Waals surface area contributed by atoms with Crippen LogP contribution in [0, 0.1) is 0 Å². The van der Waals surface area contributed by atoms with E-state index in [2.05, 4.69) is 15.6 Å². The number of amides is 2. The van der Waals surface area contributed by atoms with Crippen molar-refractivity contribution in [2.75, 3.05) is 64.6 Å². The molecule has 63 heavy (non-hydrogen) atoms. The molecule has 16 nitrogen and oxygen atoms in total. The summed E-state index contributed by atoms with van der Waals surface area (Å²) >= 11 is 0. The lowest BCUT2D eigenvalue weighted by atomic mass is 9.85. The number of para-hydroxylation sites is 1. The summed E-state index contributed by atoms with van der Waals surface area (Å²) < 4.78 is 50.9. The molecule has 2 heterocycles. The first-order chi connectivity index (χ1) is 30.1. The van der Waals surface area contributed by atoms with Gasteiger partial charge in [-0.3, -0.25) is 19.2 Å². The number of fused-ring (bicyclic) bond motifs is 1. The van der Waals surface area contributed by atoms with Gasteiger partial charge in [-0.05, 0) is 89.9 Å². The fourth-order valence-electron chi connectivity index (χ4n) is 7.14. The molecule has 6 rings (SSSR count). The van der Waals surface area contributed by atoms with Crippen LogP contribution >= 0.6 is 0 Å². The number of carboxylic acid groups (broad SMARTS) is 1. The van der Waals surface area contributed by atoms with Crippen molar-refractivity contribution in [1.82, 2.24) is 14.6 Å². The predicted octanol–water partition coefficient (Wildman–Crippen LogP) is 5.66. The van der Waals surface area contributed by atoms with E-state index in [-0.39, 0.29) is 46.7 Å². The summed E-state index contributed by atoms with van der Waals surface area (Å²) in [4.78, 5) is 52.1. The summed E-state index contributed by atoms with van der Waals surface area (Å²) in [7, 11) is -3.76. The Morgan fingerprint density at radius 3 is 2.11 bits per heavy atom. The zero-order valence-corrected chi connectivity index (χ0v) is 36.2. The smallest absolute Gasteiger partial charge is 0.322 e. The minimum absolute atomic E-state index is 0.0470. The van der Waals surface area contributed by atoms with Gasteiger partial charge in [0.1, 0.15) is 31.1 Å². The number of ether oxygens (including phenoxy) is 4. The molecule has 1 saturated heterocycles. The maximum Gasteiger partial charge on any atom is 0.322 e. The van der Waals surface area contributed by atoms with Crippen LogP contribution in [0.3, 0.4) is 0 Å². The number of aromatic hydroxyl groups is 1. The second kappa shape index (κ2) is 20.7. The highest BCUT2D eigenvalue weighted by Crippen LogP contribution is 2.39. The number of aliphatic carboxylic acids is 1. The third kappa shape index (κ3) is 12.0. The van der Waals surface area contributed by atoms with E-state index >= 15 is 0 Å². The Morgan fingerprint density at radius 1 is 0.825 bits per heavy atom. The van der Waals surface area contributed by atoms with Crippen LogP contribution < -0.4 is 25.5 Å². The third-order valence-corrected chi connectivity index (χ3v) is 12.4. The van der Waals surface area contributed by atoms with Crippen molar-refractivity contribution in [3.05, 3.63) is 124 Å². The molecule has 0 unspecified atom stereocenters. The highest BCUT2D eigenvalue weighted by atomic mass is 32.2. The number of phenols is 1. The first-order valence-corrected chi connectivity index (χ1v) is 22.0. The Morgan fingerprint density at radius 2 is 1.46 bits per heavy atom. The lowest BCUT2D eigenvalue weighted by molar-refractivity contribution is -0.135. The highest BCUT2D eigenvalue weighted by Gasteiger charge is 2.30. The number of hydrogen-bond donors (Lipinski definition) is 5. The highest BCUT2D eigenvalue weighted by molar-refractivity contribution is 7.89. The van der Waals surface area contributed by atoms with Gasteiger partial charge >= 0.3 is 5.97 Å². The van der Waals surface area contributed by atoms with Crippen LogP contribution in [0.4, 0.5) is 5.69 Å². The maximum absolute atomic E-state index is 13.3. The SMILES string of the molecule is CC(C)(C)c1cc(OCCOCCOCCOc2ccc(C3CCN(S(=O)(=O)c4ccc(C(=O)NCC(=O)O)cc4)CC3)cc2)c(O)cc1NC(=O)c1c[nH]c2ccccc2c1=O. The second-order valence-corrected chi connectivity index (χ2v) is 17.9. The van der Waals surface area contributed by atoms with E-state index < -0.39 is 45.2 Å². The van der Waals surface area contributed by atoms with E-state index in [0.29, 0.717) is 80.3 Å². The molecular formula is C46H52N4O12S. The summed E-state index contributed by atoms with van der Waals surface area (Å²) in [5, 5.41) is 25.0. The summed E-state index contributed by atoms with van der Waals surface area (Å²) in [5.74, 6) is -1.45. The molecule has 0 saturated carbocycles. The van der Waals surface area contributed by atoms with Crippen molar-refractivity contribution < 1.29 is 52.0 Å². The number of H-pyrrole nitrogens is 1. The third-order valence-electron chi connectivity index (χ3n) is 10.5. The summed E-state index contributed by atoms with van der Waals surface area (Å²) in [6.07, 6.45) is 2.67. The van der Waals surface area contributed by atoms with Gasteiger partial charge < -0.3 is 44.8 Å². The van der Waals surface area contributed by atoms with Gasteiger partial charge in [-0.25, -0.2) is 8.42 Å². The normalized spacial score (nSPS) is 13.7. The molecule has 5 N–H and O–H groups in total. The van der Waals surface area contributed by atoms with Crippen LogP contribution in [0.15, 0.2) is 101 Å². The van der Waals surface area contributed by atoms with E-state index in [1.165, 1.54) is 40.8 Å². The number of aromatic nitrogens is 1. The number of benzene rings is 4. The van der Waals surface area contributed by atoms with Gasteiger partial charge in [0.2, 0.25) is 15.5 Å². The lowest BCUT2D eigenvalue weighted by Crippen LogP contribution is -2.37. The van der Waals surface area contributed by atoms with Crippen molar-refractivity contribution in [1.29, 1.82) is 0 Å². The van der Waals surface area contributed by atoms with Gasteiger partial charge in [0.25, 0.3) is 11.8 Å². The van der Waals surface area contributed by atoms with Crippen LogP contribution in [0.25, 0.3) is 10.9 Å². The second-order valence-electron chi connectivity index (χ2n) is 15.9. The number of piperidine rings is 1. The van der Waals surface area contributed by atoms with Crippen molar-refractivity contribution in [3.8, 4) is 17.2 Å². The number of anilines is 1. The van der Waals surface area contributed by atoms with E-state index in [4.69, 9.17) is 24.1 Å². The topological polar surface area (TPSA) is 223 Å². The Balaban J connectivity index is 0.865. The van der Waals surface area contributed by atoms with Crippen LogP contribution in [0.2, 0.25) is 0 Å². The van der Waals surface area contributed by atoms with Crippen LogP contribution in [-0.4, -0.2) is 105 Å². The number of pyridine rings is 1. The fraction of sp³-hybridized carbons (Fsp3) is 0.348. The summed E-state index contributed by atoms with van der Waals surface area (Å²) in [6, 6.07) is 23.2. The molecule has 334 valence electrons. The Hall–Kier alpha value is -6.27. The van der Waals surface area contributed by atoms with Gasteiger partial charge in [-0.2, -0.15) is 4.31 Å². The first-order valence-electron chi connectivity index (χ1n) is 20.5. The largest absolute Gasteiger partial charge is 0.504 e. The number of hydrogen-bond acceptors (Lipinski definition) is 11. The van der Waals surface area contributed by atoms with Crippen molar-refractivity contribution in [2.24, 2.45) is 0 Å². The molecule has 1 aliphatic rings. The minimum Gasteiger partial charge on any atom is -0.504 e. The molecule has 5 aromatic rings. The zero-order chi connectivity index (χ0) is 45.1. The maximum atomic E-state index is 13.3. The quantitative estimate of drug-likeness (QED) is 0.0635. The Labute approximate surface area is 365 Å². The zero-order valence-electron chi connectivity index (χ0n) is 35.3. The molecule has 0 aliphatic carbocycles. The first kappa shape index (κ1) is 46.2. The monoisotopic (exact) mass is 884 g/mol. The number of carboxylic acids is 1. The molecule has 1 fully saturated rings. The minimum atomic E-state index is -3.76. The lowest BCUT2D eigenvalue weighted by Gasteiger charge is -2.31. The summed E-state index contributed by atoms with van der Waals surface area (Å²) in [6.45, 7) is 7.77. The number of rotatable bonds is 19. The van der Waals surface area contributed by atoms with Crippen LogP contribution in [-0.2, 0) is 29.7 Å². The number of carbonyl (C=O) groups is 3. The Kier molecular flexibility index (Phi) is 15.2. The number of aromatic amines is 1. The molecule has 0 atom stereocenters. The van der Waals surface area contributed by atoms with Crippen molar-refractivity contribution in [2.45, 2.75) is 49.8 Å². The van der Waals surface area contributed by atoms with Gasteiger partial charge in [0, 0.05) is 47.5 Å². The Bertz CT molecular complexity index is 2560. The van der Waals surface area contributed by atoms with Crippen LogP contribution in [0.5, 0.6) is 17.2 Å². The molecule has 0 radical (unpaired) electrons. The standard InChI is InChI=1S/C46H52N4O12S/c1-46(2,3)37-26-41(40(51)27-39(37)49-45(56)36-28-47-38-7-5-4-6-35(38)43(36)54)62-25-23-60-21-20-59-22-24-61-33-12-8-30(9-13-33)31-16-18-50(19-17-31)63(57,58)34-14-10-32(11-15-34)44(55)48-29-42(52)53/h4-15,26-28,31,51H,16-25,29H2,1-3H3,(H,47,54)(H,48,55)(H,49,56)(H,52,53). The van der Waals surface area contributed by atoms with Gasteiger partial charge in [0.15, 0.2) is 11.5 Å². The van der Waals surface area contributed by atoms with Crippen LogP contribution in [0.1, 0.15) is 71.4 Å². The molecule has 0 bridgehead atoms. The van der Waals surface area contributed by atoms with E-state index in [1.54, 1.807) is 30.3 Å². The molecular weight excluding hydrogens is 833 g/mol. The van der Waals surface area contributed by atoms with Crippen molar-refractivity contribution in [3.63, 3.8) is 0 Å². The number of sulfonamides is 1. The number of nitrogens with zero attached hydrogens (tertiary/aromatic N) is 1. The average molecular weight is 885 g/mol. The molecule has 2 amide bonds. The average Bonchev–Trinajstić information content (AvgIpc) is 3.26. The molecule has 1 aromatic heterocycles. The molecule has 1 aliphatic heterocycles. The van der Waals surface area contributed by atoms with E-state index in [0.717, 1.165) is 5.56 Å². The molecule has 17 heteroatoms. The van der Waals surface area contributed by atoms with Gasteiger partial charge in [-0.1, -0.05) is 45.0 Å². The van der Waals surface area contributed by atoms with Gasteiger partial charge in [0.05, 0.1) is 31.3 Å².